The SMILES string of the molecule is CNc1cnc(C#C/C=C/c2nc3ccc(OCC(O)C[18F])cc3s2)cn1. The van der Waals surface area contributed by atoms with Crippen molar-refractivity contribution in [1.82, 2.24) is 15.0 Å². The van der Waals surface area contributed by atoms with Crippen molar-refractivity contribution in [2.75, 3.05) is 25.6 Å². The van der Waals surface area contributed by atoms with Crippen LogP contribution in [0.4, 0.5) is 10.2 Å². The Morgan fingerprint density at radius 3 is 3.00 bits per heavy atom. The molecule has 0 aliphatic carbocycles. The van der Waals surface area contributed by atoms with E-state index >= 15 is 0 Å². The number of nitrogens with one attached hydrogen (secondary N) is 1. The van der Waals surface area contributed by atoms with E-state index in [1.165, 1.54) is 11.3 Å². The highest BCUT2D eigenvalue weighted by Gasteiger charge is 2.06. The minimum Gasteiger partial charge on any atom is -0.491 e. The number of rotatable bonds is 6. The summed E-state index contributed by atoms with van der Waals surface area (Å²) in [6.45, 7) is -0.911. The summed E-state index contributed by atoms with van der Waals surface area (Å²) >= 11 is 1.48. The van der Waals surface area contributed by atoms with Crippen LogP contribution in [0.3, 0.4) is 0 Å². The summed E-state index contributed by atoms with van der Waals surface area (Å²) in [4.78, 5) is 12.8. The van der Waals surface area contributed by atoms with Gasteiger partial charge in [0.15, 0.2) is 0 Å². The Labute approximate surface area is 159 Å². The molecule has 1 aromatic carbocycles. The molecule has 0 aliphatic heterocycles. The molecule has 138 valence electrons. The molecule has 3 rings (SSSR count). The van der Waals surface area contributed by atoms with Crippen LogP contribution in [-0.4, -0.2) is 46.5 Å². The van der Waals surface area contributed by atoms with Crippen LogP contribution in [0.1, 0.15) is 10.7 Å². The molecule has 0 fully saturated rings. The van der Waals surface area contributed by atoms with E-state index in [1.54, 1.807) is 31.6 Å². The molecule has 0 spiro atoms. The number of anilines is 1. The van der Waals surface area contributed by atoms with Gasteiger partial charge in [0.05, 0.1) is 22.6 Å². The number of aromatic nitrogens is 3. The van der Waals surface area contributed by atoms with E-state index in [4.69, 9.17) is 4.74 Å². The molecule has 8 heteroatoms. The third kappa shape index (κ3) is 5.23. The molecule has 1 unspecified atom stereocenters. The standard InChI is InChI=1S/C19H17FN4O2S/c1-21-18-11-22-13(10-23-18)4-2-3-5-19-24-16-7-6-15(8-17(16)27-19)26-12-14(25)9-20/h3,5-8,10-11,14,25H,9,12H2,1H3,(H,21,23)/b5-3+/i20-1. The van der Waals surface area contributed by atoms with Gasteiger partial charge in [-0.25, -0.2) is 19.3 Å². The molecule has 3 aromatic rings. The van der Waals surface area contributed by atoms with Gasteiger partial charge >= 0.3 is 0 Å². The van der Waals surface area contributed by atoms with Crippen molar-refractivity contribution in [2.45, 2.75) is 6.10 Å². The number of aliphatic hydroxyl groups is 1. The van der Waals surface area contributed by atoms with E-state index in [9.17, 15) is 9.50 Å². The second-order valence-electron chi connectivity index (χ2n) is 5.44. The Balaban J connectivity index is 1.66. The predicted octanol–water partition coefficient (Wildman–Crippen LogP) is 2.90. The van der Waals surface area contributed by atoms with Gasteiger partial charge in [-0.3, -0.25) is 0 Å². The van der Waals surface area contributed by atoms with Crippen LogP contribution in [0.2, 0.25) is 0 Å². The molecule has 0 bridgehead atoms. The van der Waals surface area contributed by atoms with Crippen LogP contribution in [0.15, 0.2) is 36.7 Å². The normalized spacial score (nSPS) is 12.0. The molecular formula is C19H17FN4O2S. The van der Waals surface area contributed by atoms with Crippen molar-refractivity contribution in [3.63, 3.8) is 0 Å². The van der Waals surface area contributed by atoms with Gasteiger partial charge in [0.25, 0.3) is 0 Å². The zero-order chi connectivity index (χ0) is 19.1. The molecule has 1 atom stereocenters. The molecule has 0 aliphatic rings. The molecule has 0 amide bonds. The minimum absolute atomic E-state index is 0.0820. The average Bonchev–Trinajstić information content (AvgIpc) is 3.11. The first-order valence-electron chi connectivity index (χ1n) is 8.13. The van der Waals surface area contributed by atoms with E-state index < -0.39 is 12.8 Å². The van der Waals surface area contributed by atoms with E-state index in [2.05, 4.69) is 32.1 Å². The Kier molecular flexibility index (Phi) is 6.30. The number of benzene rings is 1. The molecular weight excluding hydrogens is 366 g/mol. The number of alkyl halides is 1. The number of thiazole rings is 1. The lowest BCUT2D eigenvalue weighted by Crippen LogP contribution is -2.19. The van der Waals surface area contributed by atoms with Crippen molar-refractivity contribution in [1.29, 1.82) is 0 Å². The number of ether oxygens (including phenoxy) is 1. The molecule has 0 radical (unpaired) electrons. The number of aliphatic hydroxyl groups excluding tert-OH is 1. The number of nitrogens with zero attached hydrogens (tertiary/aromatic N) is 3. The lowest BCUT2D eigenvalue weighted by Gasteiger charge is -2.08. The van der Waals surface area contributed by atoms with Crippen molar-refractivity contribution in [3.8, 4) is 17.6 Å². The van der Waals surface area contributed by atoms with E-state index in [0.717, 1.165) is 15.2 Å². The van der Waals surface area contributed by atoms with Crippen LogP contribution >= 0.6 is 11.3 Å². The highest BCUT2D eigenvalue weighted by Crippen LogP contribution is 2.27. The van der Waals surface area contributed by atoms with Gasteiger partial charge < -0.3 is 15.2 Å². The lowest BCUT2D eigenvalue weighted by molar-refractivity contribution is 0.0842. The number of hydrogen-bond donors (Lipinski definition) is 2. The number of fused-ring (bicyclic) bond motifs is 1. The van der Waals surface area contributed by atoms with Gasteiger partial charge in [-0.05, 0) is 36.3 Å². The van der Waals surface area contributed by atoms with Gasteiger partial charge in [0.2, 0.25) is 0 Å². The third-order valence-corrected chi connectivity index (χ3v) is 4.40. The Hall–Kier alpha value is -3.02. The highest BCUT2D eigenvalue weighted by atomic mass is 32.1. The monoisotopic (exact) mass is 383 g/mol. The molecule has 0 saturated heterocycles. The molecule has 2 heterocycles. The maximum atomic E-state index is 12.3. The fourth-order valence-corrected chi connectivity index (χ4v) is 2.97. The van der Waals surface area contributed by atoms with Crippen molar-refractivity contribution < 1.29 is 14.2 Å². The fourth-order valence-electron chi connectivity index (χ4n) is 2.07. The van der Waals surface area contributed by atoms with E-state index in [1.807, 2.05) is 18.2 Å². The summed E-state index contributed by atoms with van der Waals surface area (Å²) in [6.07, 6.45) is 5.64. The molecule has 27 heavy (non-hydrogen) atoms. The predicted molar refractivity (Wildman–Crippen MR) is 105 cm³/mol. The van der Waals surface area contributed by atoms with Crippen LogP contribution < -0.4 is 10.1 Å². The van der Waals surface area contributed by atoms with Gasteiger partial charge in [0, 0.05) is 7.05 Å². The smallest absolute Gasteiger partial charge is 0.144 e. The van der Waals surface area contributed by atoms with Gasteiger partial charge in [-0.1, -0.05) is 5.92 Å². The van der Waals surface area contributed by atoms with Crippen LogP contribution in [0, 0.1) is 11.8 Å². The number of allylic oxidation sites excluding steroid dienone is 1. The molecule has 2 N–H and O–H groups in total. The summed E-state index contributed by atoms with van der Waals surface area (Å²) in [5, 5.41) is 12.9. The van der Waals surface area contributed by atoms with Crippen molar-refractivity contribution >= 4 is 33.4 Å². The van der Waals surface area contributed by atoms with E-state index in [-0.39, 0.29) is 6.61 Å². The van der Waals surface area contributed by atoms with Crippen molar-refractivity contribution in [2.24, 2.45) is 0 Å². The Morgan fingerprint density at radius 1 is 1.37 bits per heavy atom. The van der Waals surface area contributed by atoms with Gasteiger partial charge in [-0.15, -0.1) is 11.3 Å². The summed E-state index contributed by atoms with van der Waals surface area (Å²) in [5.41, 5.74) is 1.42. The van der Waals surface area contributed by atoms with Crippen LogP contribution in [0.5, 0.6) is 5.75 Å². The topological polar surface area (TPSA) is 80.2 Å². The molecule has 2 aromatic heterocycles. The lowest BCUT2D eigenvalue weighted by atomic mass is 10.3. The van der Waals surface area contributed by atoms with Crippen molar-refractivity contribution in [3.05, 3.63) is 47.4 Å². The summed E-state index contributed by atoms with van der Waals surface area (Å²) in [5.74, 6) is 7.07. The Morgan fingerprint density at radius 2 is 2.26 bits per heavy atom. The van der Waals surface area contributed by atoms with Gasteiger partial charge in [-0.2, -0.15) is 0 Å². The second kappa shape index (κ2) is 9.07. The minimum atomic E-state index is -1.11. The molecule has 0 saturated carbocycles. The van der Waals surface area contributed by atoms with Crippen LogP contribution in [0.25, 0.3) is 16.3 Å². The quantitative estimate of drug-likeness (QED) is 0.637. The summed E-state index contributed by atoms with van der Waals surface area (Å²) in [7, 11) is 1.78. The van der Waals surface area contributed by atoms with E-state index in [0.29, 0.717) is 17.3 Å². The van der Waals surface area contributed by atoms with Crippen LogP contribution in [-0.2, 0) is 0 Å². The number of halogens is 1. The third-order valence-electron chi connectivity index (χ3n) is 3.41. The van der Waals surface area contributed by atoms with Gasteiger partial charge in [0.1, 0.15) is 41.7 Å². The molecule has 6 nitrogen and oxygen atoms in total. The first-order chi connectivity index (χ1) is 13.2. The zero-order valence-corrected chi connectivity index (χ0v) is 15.3. The fraction of sp³-hybridized carbons (Fsp3) is 0.211. The summed E-state index contributed by atoms with van der Waals surface area (Å²) in [6, 6.07) is 5.39. The maximum Gasteiger partial charge on any atom is 0.144 e. The number of hydrogen-bond acceptors (Lipinski definition) is 7. The average molecular weight is 383 g/mol. The second-order valence-corrected chi connectivity index (χ2v) is 6.50. The zero-order valence-electron chi connectivity index (χ0n) is 14.5. The maximum absolute atomic E-state index is 12.3. The Bertz CT molecular complexity index is 992. The first-order valence-corrected chi connectivity index (χ1v) is 8.95. The summed E-state index contributed by atoms with van der Waals surface area (Å²) < 4.78 is 18.6. The highest BCUT2D eigenvalue weighted by molar-refractivity contribution is 7.19. The largest absolute Gasteiger partial charge is 0.491 e. The first kappa shape index (κ1) is 18.8.